The number of nitrogens with one attached hydrogen (secondary N) is 1. The summed E-state index contributed by atoms with van der Waals surface area (Å²) < 4.78 is 0. The molecule has 0 aliphatic carbocycles. The number of fused-ring (bicyclic) bond motifs is 1. The zero-order valence-corrected chi connectivity index (χ0v) is 8.72. The maximum Gasteiger partial charge on any atom is 0.213 e. The van der Waals surface area contributed by atoms with E-state index in [1.54, 1.807) is 6.20 Å². The van der Waals surface area contributed by atoms with Gasteiger partial charge in [0.05, 0.1) is 5.52 Å². The molecule has 0 aromatic carbocycles. The summed E-state index contributed by atoms with van der Waals surface area (Å²) in [4.78, 5) is 12.5. The monoisotopic (exact) mass is 231 g/mol. The first-order valence-electron chi connectivity index (χ1n) is 4.41. The zero-order valence-electron chi connectivity index (χ0n) is 7.90. The Balaban J connectivity index is 2.10. The molecule has 7 nitrogen and oxygen atoms in total. The average Bonchev–Trinajstić information content (AvgIpc) is 2.82. The number of pyridine rings is 1. The van der Waals surface area contributed by atoms with Crippen LogP contribution in [0.2, 0.25) is 0 Å². The Bertz CT molecular complexity index is 603. The van der Waals surface area contributed by atoms with Gasteiger partial charge in [0.1, 0.15) is 16.9 Å². The summed E-state index contributed by atoms with van der Waals surface area (Å²) in [6, 6.07) is 3.71. The van der Waals surface area contributed by atoms with E-state index < -0.39 is 0 Å². The fourth-order valence-corrected chi connectivity index (χ4v) is 1.93. The van der Waals surface area contributed by atoms with Crippen LogP contribution >= 0.6 is 11.8 Å². The largest absolute Gasteiger partial charge is 0.252 e. The fraction of sp³-hybridized carbons (Fsp3) is 0. The number of aromatic amines is 1. The highest BCUT2D eigenvalue weighted by atomic mass is 32.2. The number of hydrogen-bond donors (Lipinski definition) is 1. The van der Waals surface area contributed by atoms with E-state index in [1.807, 2.05) is 12.1 Å². The van der Waals surface area contributed by atoms with E-state index in [-0.39, 0.29) is 0 Å². The van der Waals surface area contributed by atoms with E-state index in [0.29, 0.717) is 5.16 Å². The van der Waals surface area contributed by atoms with E-state index in [0.717, 1.165) is 16.1 Å². The predicted molar refractivity (Wildman–Crippen MR) is 55.6 cm³/mol. The van der Waals surface area contributed by atoms with Crippen molar-refractivity contribution in [2.24, 2.45) is 0 Å². The number of aromatic nitrogens is 7. The highest BCUT2D eigenvalue weighted by molar-refractivity contribution is 7.99. The summed E-state index contributed by atoms with van der Waals surface area (Å²) >= 11 is 1.32. The van der Waals surface area contributed by atoms with Crippen LogP contribution < -0.4 is 0 Å². The van der Waals surface area contributed by atoms with Gasteiger partial charge < -0.3 is 0 Å². The lowest BCUT2D eigenvalue weighted by atomic mass is 10.4. The third-order valence-corrected chi connectivity index (χ3v) is 2.74. The van der Waals surface area contributed by atoms with Gasteiger partial charge in [0, 0.05) is 6.20 Å². The molecule has 0 atom stereocenters. The molecule has 0 bridgehead atoms. The van der Waals surface area contributed by atoms with Gasteiger partial charge in [-0.2, -0.15) is 0 Å². The van der Waals surface area contributed by atoms with Crippen molar-refractivity contribution < 1.29 is 0 Å². The Hall–Kier alpha value is -2.09. The average molecular weight is 231 g/mol. The van der Waals surface area contributed by atoms with Crippen LogP contribution in [0.3, 0.4) is 0 Å². The van der Waals surface area contributed by atoms with Crippen LogP contribution in [0.5, 0.6) is 0 Å². The maximum absolute atomic E-state index is 4.23. The summed E-state index contributed by atoms with van der Waals surface area (Å²) in [5.74, 6) is 0. The molecule has 3 aromatic heterocycles. The van der Waals surface area contributed by atoms with Gasteiger partial charge in [-0.25, -0.2) is 15.1 Å². The Labute approximate surface area is 93.7 Å². The molecule has 0 fully saturated rings. The lowest BCUT2D eigenvalue weighted by molar-refractivity contribution is 0.881. The van der Waals surface area contributed by atoms with Crippen LogP contribution in [0.4, 0.5) is 0 Å². The second-order valence-corrected chi connectivity index (χ2v) is 3.84. The molecule has 0 amide bonds. The molecule has 0 unspecified atom stereocenters. The first kappa shape index (κ1) is 9.16. The van der Waals surface area contributed by atoms with E-state index in [4.69, 9.17) is 0 Å². The van der Waals surface area contributed by atoms with Crippen molar-refractivity contribution >= 4 is 22.8 Å². The number of rotatable bonds is 2. The molecule has 8 heteroatoms. The summed E-state index contributed by atoms with van der Waals surface area (Å²) in [5.41, 5.74) is 1.54. The topological polar surface area (TPSA) is 93.1 Å². The Kier molecular flexibility index (Phi) is 2.18. The molecule has 0 saturated heterocycles. The first-order valence-corrected chi connectivity index (χ1v) is 5.22. The van der Waals surface area contributed by atoms with E-state index in [2.05, 4.69) is 35.6 Å². The molecule has 0 saturated carbocycles. The number of H-pyrrole nitrogens is 1. The molecule has 3 aromatic rings. The van der Waals surface area contributed by atoms with E-state index in [9.17, 15) is 0 Å². The Morgan fingerprint density at radius 2 is 2.19 bits per heavy atom. The minimum atomic E-state index is 0.575. The minimum absolute atomic E-state index is 0.575. The molecule has 0 spiro atoms. The van der Waals surface area contributed by atoms with Crippen molar-refractivity contribution in [1.29, 1.82) is 0 Å². The van der Waals surface area contributed by atoms with Gasteiger partial charge in [0.25, 0.3) is 0 Å². The quantitative estimate of drug-likeness (QED) is 0.648. The molecule has 3 rings (SSSR count). The van der Waals surface area contributed by atoms with Crippen LogP contribution in [-0.2, 0) is 0 Å². The van der Waals surface area contributed by atoms with Crippen LogP contribution in [0.1, 0.15) is 0 Å². The number of tetrazole rings is 1. The standard InChI is InChI=1S/C8H5N7S/c1-2-5-6(9-3-1)7(11-4-10-5)16-8-12-14-15-13-8/h1-4H,(H,12,13,14,15). The van der Waals surface area contributed by atoms with E-state index >= 15 is 0 Å². The third-order valence-electron chi connectivity index (χ3n) is 1.88. The summed E-state index contributed by atoms with van der Waals surface area (Å²) in [7, 11) is 0. The molecular weight excluding hydrogens is 226 g/mol. The number of nitrogens with zero attached hydrogens (tertiary/aromatic N) is 6. The molecule has 0 aliphatic heterocycles. The fourth-order valence-electron chi connectivity index (χ4n) is 1.23. The number of hydrogen-bond acceptors (Lipinski definition) is 7. The van der Waals surface area contributed by atoms with Crippen LogP contribution in [0, 0.1) is 0 Å². The summed E-state index contributed by atoms with van der Waals surface area (Å²) in [6.45, 7) is 0. The maximum atomic E-state index is 4.23. The van der Waals surface area contributed by atoms with Gasteiger partial charge in [0.2, 0.25) is 5.16 Å². The lowest BCUT2D eigenvalue weighted by Gasteiger charge is -1.99. The Morgan fingerprint density at radius 3 is 3.06 bits per heavy atom. The molecular formula is C8H5N7S. The van der Waals surface area contributed by atoms with Gasteiger partial charge in [0.15, 0.2) is 0 Å². The summed E-state index contributed by atoms with van der Waals surface area (Å²) in [6.07, 6.45) is 3.20. The van der Waals surface area contributed by atoms with Gasteiger partial charge in [-0.3, -0.25) is 4.98 Å². The third kappa shape index (κ3) is 1.58. The molecule has 1 N–H and O–H groups in total. The van der Waals surface area contributed by atoms with Crippen LogP contribution in [0.25, 0.3) is 11.0 Å². The van der Waals surface area contributed by atoms with Crippen molar-refractivity contribution in [2.45, 2.75) is 10.2 Å². The van der Waals surface area contributed by atoms with Gasteiger partial charge in [-0.1, -0.05) is 0 Å². The highest BCUT2D eigenvalue weighted by Gasteiger charge is 2.08. The van der Waals surface area contributed by atoms with Crippen molar-refractivity contribution in [3.8, 4) is 0 Å². The molecule has 0 aliphatic rings. The summed E-state index contributed by atoms with van der Waals surface area (Å²) in [5, 5.41) is 14.7. The van der Waals surface area contributed by atoms with Crippen molar-refractivity contribution in [3.05, 3.63) is 24.7 Å². The van der Waals surface area contributed by atoms with Crippen molar-refractivity contribution in [1.82, 2.24) is 35.6 Å². The molecule has 16 heavy (non-hydrogen) atoms. The van der Waals surface area contributed by atoms with Crippen LogP contribution in [-0.4, -0.2) is 35.6 Å². The van der Waals surface area contributed by atoms with Crippen LogP contribution in [0.15, 0.2) is 34.8 Å². The molecule has 3 heterocycles. The van der Waals surface area contributed by atoms with Crippen molar-refractivity contribution in [2.75, 3.05) is 0 Å². The highest BCUT2D eigenvalue weighted by Crippen LogP contribution is 2.26. The van der Waals surface area contributed by atoms with Gasteiger partial charge >= 0.3 is 0 Å². The smallest absolute Gasteiger partial charge is 0.213 e. The van der Waals surface area contributed by atoms with E-state index in [1.165, 1.54) is 18.1 Å². The zero-order chi connectivity index (χ0) is 10.8. The normalized spacial score (nSPS) is 10.8. The minimum Gasteiger partial charge on any atom is -0.252 e. The molecule has 0 radical (unpaired) electrons. The first-order chi connectivity index (χ1) is 7.93. The predicted octanol–water partition coefficient (Wildman–Crippen LogP) is 0.689. The van der Waals surface area contributed by atoms with Gasteiger partial charge in [-0.05, 0) is 34.3 Å². The van der Waals surface area contributed by atoms with Crippen molar-refractivity contribution in [3.63, 3.8) is 0 Å². The Morgan fingerprint density at radius 1 is 1.19 bits per heavy atom. The molecule has 78 valence electrons. The van der Waals surface area contributed by atoms with Gasteiger partial charge in [-0.15, -0.1) is 5.10 Å². The second kappa shape index (κ2) is 3.81. The SMILES string of the molecule is c1cnc2c(Sc3nnn[nH]3)ncnc2c1. The lowest BCUT2D eigenvalue weighted by Crippen LogP contribution is -1.89. The second-order valence-electron chi connectivity index (χ2n) is 2.86.